The molecule has 1 heterocycles. The van der Waals surface area contributed by atoms with Crippen molar-refractivity contribution in [2.45, 2.75) is 11.3 Å². The summed E-state index contributed by atoms with van der Waals surface area (Å²) in [6.45, 7) is 0.546. The Morgan fingerprint density at radius 3 is 2.75 bits per heavy atom. The molecule has 0 bridgehead atoms. The van der Waals surface area contributed by atoms with Crippen molar-refractivity contribution >= 4 is 21.4 Å². The van der Waals surface area contributed by atoms with Crippen LogP contribution in [0.25, 0.3) is 0 Å². The van der Waals surface area contributed by atoms with E-state index in [1.165, 1.54) is 6.07 Å². The number of nitrogens with zero attached hydrogens (tertiary/aromatic N) is 3. The number of hydrogen-bond donors (Lipinski definition) is 3. The highest BCUT2D eigenvalue weighted by Crippen LogP contribution is 2.25. The van der Waals surface area contributed by atoms with E-state index in [1.807, 2.05) is 11.6 Å². The van der Waals surface area contributed by atoms with Gasteiger partial charge in [0.1, 0.15) is 17.0 Å². The highest BCUT2D eigenvalue weighted by molar-refractivity contribution is 7.89. The Morgan fingerprint density at radius 1 is 1.40 bits per heavy atom. The lowest BCUT2D eigenvalue weighted by atomic mass is 10.2. The first-order valence-corrected chi connectivity index (χ1v) is 7.42. The molecule has 108 valence electrons. The van der Waals surface area contributed by atoms with Gasteiger partial charge >= 0.3 is 0 Å². The average molecular weight is 296 g/mol. The molecule has 0 aliphatic carbocycles. The number of nitrogens with one attached hydrogen (secondary N) is 1. The second-order valence-corrected chi connectivity index (χ2v) is 5.83. The minimum atomic E-state index is -3.82. The van der Waals surface area contributed by atoms with Gasteiger partial charge in [-0.15, -0.1) is 10.2 Å². The number of primary sulfonamides is 1. The first-order chi connectivity index (χ1) is 9.39. The van der Waals surface area contributed by atoms with E-state index in [4.69, 9.17) is 10.9 Å². The topological polar surface area (TPSA) is 129 Å². The lowest BCUT2D eigenvalue weighted by molar-refractivity contribution is 0.598. The molecular weight excluding hydrogens is 280 g/mol. The largest absolute Gasteiger partial charge is 0.396 e. The third-order valence-electron chi connectivity index (χ3n) is 2.84. The molecule has 2 aromatic rings. The number of sulfonamides is 1. The van der Waals surface area contributed by atoms with Crippen LogP contribution >= 0.6 is 0 Å². The Bertz CT molecular complexity index is 709. The molecule has 0 saturated heterocycles. The number of rotatable bonds is 5. The van der Waals surface area contributed by atoms with Crippen molar-refractivity contribution in [1.82, 2.24) is 14.8 Å². The van der Waals surface area contributed by atoms with E-state index in [-0.39, 0.29) is 10.6 Å². The van der Waals surface area contributed by atoms with Gasteiger partial charge in [-0.05, 0) is 12.1 Å². The maximum Gasteiger partial charge on any atom is 0.240 e. The van der Waals surface area contributed by atoms with Gasteiger partial charge < -0.3 is 15.6 Å². The van der Waals surface area contributed by atoms with Crippen LogP contribution in [-0.2, 0) is 23.5 Å². The number of aryl methyl sites for hydroxylation is 1. The fourth-order valence-corrected chi connectivity index (χ4v) is 2.47. The minimum Gasteiger partial charge on any atom is -0.396 e. The molecule has 20 heavy (non-hydrogen) atoms. The highest BCUT2D eigenvalue weighted by atomic mass is 32.2. The summed E-state index contributed by atoms with van der Waals surface area (Å²) in [4.78, 5) is -0.0823. The summed E-state index contributed by atoms with van der Waals surface area (Å²) >= 11 is 0. The Balaban J connectivity index is 2.09. The smallest absolute Gasteiger partial charge is 0.240 e. The van der Waals surface area contributed by atoms with Gasteiger partial charge in [-0.1, -0.05) is 6.07 Å². The van der Waals surface area contributed by atoms with Crippen molar-refractivity contribution in [2.24, 2.45) is 12.2 Å². The van der Waals surface area contributed by atoms with E-state index in [0.717, 1.165) is 5.82 Å². The van der Waals surface area contributed by atoms with Gasteiger partial charge in [-0.2, -0.15) is 0 Å². The molecule has 0 fully saturated rings. The van der Waals surface area contributed by atoms with Crippen molar-refractivity contribution in [3.63, 3.8) is 0 Å². The Labute approximate surface area is 116 Å². The summed E-state index contributed by atoms with van der Waals surface area (Å²) in [7, 11) is -1.97. The molecule has 0 aliphatic rings. The molecule has 0 atom stereocenters. The maximum absolute atomic E-state index is 11.4. The second-order valence-electron chi connectivity index (χ2n) is 4.30. The molecule has 0 radical (unpaired) electrons. The van der Waals surface area contributed by atoms with Gasteiger partial charge in [0.05, 0.1) is 11.4 Å². The molecule has 0 spiro atoms. The lowest BCUT2D eigenvalue weighted by Crippen LogP contribution is -2.16. The van der Waals surface area contributed by atoms with E-state index >= 15 is 0 Å². The highest BCUT2D eigenvalue weighted by Gasteiger charge is 2.14. The summed E-state index contributed by atoms with van der Waals surface area (Å²) in [5, 5.41) is 15.9. The van der Waals surface area contributed by atoms with Crippen LogP contribution in [0.15, 0.2) is 29.4 Å². The molecule has 1 aromatic carbocycles. The SMILES string of the molecule is Cn1cnnc1CCNc1cccc(S(N)(=O)=O)c1N. The third-order valence-corrected chi connectivity index (χ3v) is 3.81. The summed E-state index contributed by atoms with van der Waals surface area (Å²) < 4.78 is 24.5. The Hall–Kier alpha value is -2.13. The molecule has 0 aliphatic heterocycles. The third kappa shape index (κ3) is 3.06. The number of benzene rings is 1. The molecular formula is C11H16N6O2S. The van der Waals surface area contributed by atoms with Crippen LogP contribution < -0.4 is 16.2 Å². The molecule has 8 nitrogen and oxygen atoms in total. The van der Waals surface area contributed by atoms with Gasteiger partial charge in [-0.25, -0.2) is 13.6 Å². The van der Waals surface area contributed by atoms with E-state index in [1.54, 1.807) is 18.5 Å². The summed E-state index contributed by atoms with van der Waals surface area (Å²) in [5.74, 6) is 0.818. The van der Waals surface area contributed by atoms with E-state index in [2.05, 4.69) is 15.5 Å². The molecule has 0 amide bonds. The quantitative estimate of drug-likeness (QED) is 0.650. The summed E-state index contributed by atoms with van der Waals surface area (Å²) in [6, 6.07) is 4.65. The second kappa shape index (κ2) is 5.47. The molecule has 5 N–H and O–H groups in total. The lowest BCUT2D eigenvalue weighted by Gasteiger charge is -2.11. The molecule has 0 unspecified atom stereocenters. The predicted molar refractivity (Wildman–Crippen MR) is 75.4 cm³/mol. The van der Waals surface area contributed by atoms with Crippen LogP contribution in [0.3, 0.4) is 0 Å². The monoisotopic (exact) mass is 296 g/mol. The van der Waals surface area contributed by atoms with Crippen molar-refractivity contribution in [1.29, 1.82) is 0 Å². The average Bonchev–Trinajstić information content (AvgIpc) is 2.76. The van der Waals surface area contributed by atoms with Crippen LogP contribution in [0.1, 0.15) is 5.82 Å². The van der Waals surface area contributed by atoms with Crippen LogP contribution in [-0.4, -0.2) is 29.7 Å². The number of para-hydroxylation sites is 1. The van der Waals surface area contributed by atoms with Crippen LogP contribution in [0.4, 0.5) is 11.4 Å². The van der Waals surface area contributed by atoms with E-state index in [9.17, 15) is 8.42 Å². The zero-order valence-electron chi connectivity index (χ0n) is 10.9. The maximum atomic E-state index is 11.4. The van der Waals surface area contributed by atoms with Crippen molar-refractivity contribution in [2.75, 3.05) is 17.6 Å². The number of hydrogen-bond acceptors (Lipinski definition) is 6. The first kappa shape index (κ1) is 14.3. The van der Waals surface area contributed by atoms with E-state index in [0.29, 0.717) is 18.7 Å². The van der Waals surface area contributed by atoms with Crippen LogP contribution in [0.5, 0.6) is 0 Å². The Kier molecular flexibility index (Phi) is 3.91. The first-order valence-electron chi connectivity index (χ1n) is 5.87. The van der Waals surface area contributed by atoms with Crippen molar-refractivity contribution in [3.8, 4) is 0 Å². The molecule has 9 heteroatoms. The van der Waals surface area contributed by atoms with Crippen molar-refractivity contribution in [3.05, 3.63) is 30.4 Å². The summed E-state index contributed by atoms with van der Waals surface area (Å²) in [6.07, 6.45) is 2.25. The predicted octanol–water partition coefficient (Wildman–Crippen LogP) is -0.301. The normalized spacial score (nSPS) is 11.5. The van der Waals surface area contributed by atoms with E-state index < -0.39 is 10.0 Å². The summed E-state index contributed by atoms with van der Waals surface area (Å²) in [5.41, 5.74) is 6.45. The number of nitrogen functional groups attached to an aromatic ring is 1. The minimum absolute atomic E-state index is 0.0823. The fraction of sp³-hybridized carbons (Fsp3) is 0.273. The van der Waals surface area contributed by atoms with Gasteiger partial charge in [0.25, 0.3) is 0 Å². The van der Waals surface area contributed by atoms with Crippen LogP contribution in [0, 0.1) is 0 Å². The van der Waals surface area contributed by atoms with Crippen molar-refractivity contribution < 1.29 is 8.42 Å². The van der Waals surface area contributed by atoms with Gasteiger partial charge in [0.2, 0.25) is 10.0 Å². The zero-order chi connectivity index (χ0) is 14.8. The molecule has 2 rings (SSSR count). The van der Waals surface area contributed by atoms with Gasteiger partial charge in [0.15, 0.2) is 0 Å². The number of nitrogens with two attached hydrogens (primary N) is 2. The zero-order valence-corrected chi connectivity index (χ0v) is 11.8. The van der Waals surface area contributed by atoms with Gasteiger partial charge in [0, 0.05) is 20.0 Å². The van der Waals surface area contributed by atoms with Crippen LogP contribution in [0.2, 0.25) is 0 Å². The molecule has 1 aromatic heterocycles. The fourth-order valence-electron chi connectivity index (χ4n) is 1.79. The molecule has 0 saturated carbocycles. The van der Waals surface area contributed by atoms with Gasteiger partial charge in [-0.3, -0.25) is 0 Å². The Morgan fingerprint density at radius 2 is 2.15 bits per heavy atom. The number of aromatic nitrogens is 3. The standard InChI is InChI=1S/C11H16N6O2S/c1-17-7-15-16-10(17)5-6-14-8-3-2-4-9(11(8)12)20(13,18)19/h2-4,7,14H,5-6,12H2,1H3,(H2,13,18,19). The number of anilines is 2.